The van der Waals surface area contributed by atoms with Crippen molar-refractivity contribution in [3.63, 3.8) is 0 Å². The van der Waals surface area contributed by atoms with Crippen LogP contribution in [0.3, 0.4) is 0 Å². The van der Waals surface area contributed by atoms with E-state index >= 15 is 0 Å². The van der Waals surface area contributed by atoms with Crippen LogP contribution in [0.1, 0.15) is 24.8 Å². The highest BCUT2D eigenvalue weighted by atomic mass is 16.5. The largest absolute Gasteiger partial charge is 0.504 e. The van der Waals surface area contributed by atoms with E-state index in [0.717, 1.165) is 25.0 Å². The van der Waals surface area contributed by atoms with Crippen molar-refractivity contribution in [3.05, 3.63) is 41.7 Å². The van der Waals surface area contributed by atoms with Crippen LogP contribution >= 0.6 is 0 Å². The van der Waals surface area contributed by atoms with Crippen molar-refractivity contribution in [2.75, 3.05) is 0 Å². The number of hydrogen-bond donors (Lipinski definition) is 2. The summed E-state index contributed by atoms with van der Waals surface area (Å²) in [4.78, 5) is 11.5. The van der Waals surface area contributed by atoms with Gasteiger partial charge in [0.15, 0.2) is 11.5 Å². The van der Waals surface area contributed by atoms with Crippen molar-refractivity contribution in [2.45, 2.75) is 19.3 Å². The minimum Gasteiger partial charge on any atom is -0.504 e. The van der Waals surface area contributed by atoms with Crippen LogP contribution in [0.2, 0.25) is 0 Å². The average molecular weight is 246 g/mol. The van der Waals surface area contributed by atoms with Crippen LogP contribution < -0.4 is 0 Å². The van der Waals surface area contributed by atoms with Crippen LogP contribution in [0.5, 0.6) is 11.5 Å². The number of rotatable bonds is 3. The Balaban J connectivity index is 1.97. The molecule has 1 aromatic carbocycles. The molecule has 0 saturated heterocycles. The number of phenols is 2. The molecule has 1 aliphatic carbocycles. The first kappa shape index (κ1) is 12.2. The lowest BCUT2D eigenvalue weighted by molar-refractivity contribution is -0.133. The van der Waals surface area contributed by atoms with Gasteiger partial charge in [0.25, 0.3) is 0 Å². The molecule has 0 spiro atoms. The number of ether oxygens (including phenoxy) is 1. The average Bonchev–Trinajstić information content (AvgIpc) is 2.83. The Bertz CT molecular complexity index is 515. The fourth-order valence-electron chi connectivity index (χ4n) is 1.71. The summed E-state index contributed by atoms with van der Waals surface area (Å²) in [5.74, 6) is -0.122. The van der Waals surface area contributed by atoms with Gasteiger partial charge in [-0.25, -0.2) is 4.79 Å². The standard InChI is InChI=1S/C14H14O4/c15-12-7-5-10(9-13(12)16)6-8-14(17)18-11-3-1-2-4-11/h3,5-9,15-16H,1-2,4H2. The second-order valence-electron chi connectivity index (χ2n) is 4.07. The number of benzene rings is 1. The highest BCUT2D eigenvalue weighted by Gasteiger charge is 2.08. The molecule has 0 unspecified atom stereocenters. The molecule has 0 aliphatic heterocycles. The minimum atomic E-state index is -0.435. The van der Waals surface area contributed by atoms with Gasteiger partial charge in [-0.2, -0.15) is 0 Å². The molecule has 1 aliphatic rings. The first-order chi connectivity index (χ1) is 8.65. The Morgan fingerprint density at radius 2 is 2.11 bits per heavy atom. The predicted molar refractivity (Wildman–Crippen MR) is 66.8 cm³/mol. The van der Waals surface area contributed by atoms with Crippen LogP contribution in [0.15, 0.2) is 36.1 Å². The molecule has 0 bridgehead atoms. The van der Waals surface area contributed by atoms with Crippen molar-refractivity contribution in [3.8, 4) is 11.5 Å². The van der Waals surface area contributed by atoms with E-state index < -0.39 is 5.97 Å². The van der Waals surface area contributed by atoms with E-state index in [9.17, 15) is 9.90 Å². The normalized spacial score (nSPS) is 14.8. The van der Waals surface area contributed by atoms with E-state index in [1.54, 1.807) is 6.07 Å². The van der Waals surface area contributed by atoms with Crippen molar-refractivity contribution in [1.82, 2.24) is 0 Å². The summed E-state index contributed by atoms with van der Waals surface area (Å²) in [5, 5.41) is 18.4. The molecule has 0 atom stereocenters. The van der Waals surface area contributed by atoms with Gasteiger partial charge in [0.2, 0.25) is 0 Å². The molecule has 94 valence electrons. The van der Waals surface area contributed by atoms with Crippen LogP contribution in [0, 0.1) is 0 Å². The molecule has 0 fully saturated rings. The van der Waals surface area contributed by atoms with Gasteiger partial charge in [-0.1, -0.05) is 6.07 Å². The maximum Gasteiger partial charge on any atom is 0.335 e. The van der Waals surface area contributed by atoms with E-state index in [2.05, 4.69) is 0 Å². The number of aromatic hydroxyl groups is 2. The third kappa shape index (κ3) is 3.13. The summed E-state index contributed by atoms with van der Waals surface area (Å²) >= 11 is 0. The van der Waals surface area contributed by atoms with E-state index in [0.29, 0.717) is 5.56 Å². The fourth-order valence-corrected chi connectivity index (χ4v) is 1.71. The molecular formula is C14H14O4. The predicted octanol–water partition coefficient (Wildman–Crippen LogP) is 2.72. The minimum absolute atomic E-state index is 0.189. The van der Waals surface area contributed by atoms with Crippen molar-refractivity contribution < 1.29 is 19.7 Å². The Hall–Kier alpha value is -2.23. The van der Waals surface area contributed by atoms with Gasteiger partial charge in [0.1, 0.15) is 5.76 Å². The highest BCUT2D eigenvalue weighted by Crippen LogP contribution is 2.25. The zero-order valence-electron chi connectivity index (χ0n) is 9.80. The second-order valence-corrected chi connectivity index (χ2v) is 4.07. The van der Waals surface area contributed by atoms with Gasteiger partial charge in [-0.15, -0.1) is 0 Å². The lowest BCUT2D eigenvalue weighted by atomic mass is 10.2. The molecule has 18 heavy (non-hydrogen) atoms. The molecule has 4 nitrogen and oxygen atoms in total. The number of carbonyl (C=O) groups is 1. The molecule has 0 heterocycles. The van der Waals surface area contributed by atoms with E-state index in [-0.39, 0.29) is 11.5 Å². The smallest absolute Gasteiger partial charge is 0.335 e. The molecule has 0 saturated carbocycles. The number of carbonyl (C=O) groups excluding carboxylic acids is 1. The summed E-state index contributed by atoms with van der Waals surface area (Å²) in [6, 6.07) is 4.32. The van der Waals surface area contributed by atoms with E-state index in [1.807, 2.05) is 6.08 Å². The van der Waals surface area contributed by atoms with Gasteiger partial charge in [0.05, 0.1) is 0 Å². The summed E-state index contributed by atoms with van der Waals surface area (Å²) in [6.45, 7) is 0. The third-order valence-electron chi connectivity index (χ3n) is 2.64. The van der Waals surface area contributed by atoms with E-state index in [1.165, 1.54) is 24.3 Å². The first-order valence-electron chi connectivity index (χ1n) is 5.76. The van der Waals surface area contributed by atoms with Gasteiger partial charge >= 0.3 is 5.97 Å². The summed E-state index contributed by atoms with van der Waals surface area (Å²) in [6.07, 6.45) is 7.52. The summed E-state index contributed by atoms with van der Waals surface area (Å²) in [7, 11) is 0. The SMILES string of the molecule is O=C(C=Cc1ccc(O)c(O)c1)OC1=CCCC1. The van der Waals surface area contributed by atoms with E-state index in [4.69, 9.17) is 9.84 Å². The van der Waals surface area contributed by atoms with Crippen molar-refractivity contribution in [2.24, 2.45) is 0 Å². The Morgan fingerprint density at radius 1 is 1.28 bits per heavy atom. The molecule has 0 radical (unpaired) electrons. The quantitative estimate of drug-likeness (QED) is 0.489. The van der Waals surface area contributed by atoms with Crippen LogP contribution in [0.25, 0.3) is 6.08 Å². The second kappa shape index (κ2) is 5.40. The number of phenolic OH excluding ortho intramolecular Hbond substituents is 2. The maximum absolute atomic E-state index is 11.5. The molecular weight excluding hydrogens is 232 g/mol. The zero-order chi connectivity index (χ0) is 13.0. The molecule has 1 aromatic rings. The molecule has 0 aromatic heterocycles. The topological polar surface area (TPSA) is 66.8 Å². The number of hydrogen-bond acceptors (Lipinski definition) is 4. The molecule has 0 amide bonds. The van der Waals surface area contributed by atoms with Crippen LogP contribution in [-0.2, 0) is 9.53 Å². The maximum atomic E-state index is 11.5. The number of allylic oxidation sites excluding steroid dienone is 2. The summed E-state index contributed by atoms with van der Waals surface area (Å²) < 4.78 is 5.11. The molecule has 4 heteroatoms. The van der Waals surface area contributed by atoms with Crippen molar-refractivity contribution in [1.29, 1.82) is 0 Å². The Kier molecular flexibility index (Phi) is 3.67. The van der Waals surface area contributed by atoms with Crippen LogP contribution in [-0.4, -0.2) is 16.2 Å². The zero-order valence-corrected chi connectivity index (χ0v) is 9.80. The third-order valence-corrected chi connectivity index (χ3v) is 2.64. The van der Waals surface area contributed by atoms with Gasteiger partial charge in [0, 0.05) is 12.5 Å². The van der Waals surface area contributed by atoms with Gasteiger partial charge in [-0.05, 0) is 42.7 Å². The molecule has 2 rings (SSSR count). The summed E-state index contributed by atoms with van der Waals surface area (Å²) in [5.41, 5.74) is 0.614. The first-order valence-corrected chi connectivity index (χ1v) is 5.76. The van der Waals surface area contributed by atoms with Crippen LogP contribution in [0.4, 0.5) is 0 Å². The highest BCUT2D eigenvalue weighted by molar-refractivity contribution is 5.87. The fraction of sp³-hybridized carbons (Fsp3) is 0.214. The molecule has 2 N–H and O–H groups in total. The van der Waals surface area contributed by atoms with Crippen molar-refractivity contribution >= 4 is 12.0 Å². The lowest BCUT2D eigenvalue weighted by Crippen LogP contribution is -1.98. The monoisotopic (exact) mass is 246 g/mol. The number of esters is 1. The van der Waals surface area contributed by atoms with Gasteiger partial charge < -0.3 is 14.9 Å². The lowest BCUT2D eigenvalue weighted by Gasteiger charge is -2.01. The van der Waals surface area contributed by atoms with Gasteiger partial charge in [-0.3, -0.25) is 0 Å². The Labute approximate surface area is 105 Å². The Morgan fingerprint density at radius 3 is 2.78 bits per heavy atom.